The number of benzene rings is 1. The molecule has 0 radical (unpaired) electrons. The van der Waals surface area contributed by atoms with E-state index in [4.69, 9.17) is 6.42 Å². The molecular weight excluding hydrogens is 270 g/mol. The van der Waals surface area contributed by atoms with Gasteiger partial charge in [-0.15, -0.1) is 12.3 Å². The molecule has 0 N–H and O–H groups in total. The van der Waals surface area contributed by atoms with Gasteiger partial charge in [0.2, 0.25) is 0 Å². The first-order valence-corrected chi connectivity index (χ1v) is 6.81. The summed E-state index contributed by atoms with van der Waals surface area (Å²) >= 11 is 0. The summed E-state index contributed by atoms with van der Waals surface area (Å²) in [5.74, 6) is 2.53. The van der Waals surface area contributed by atoms with Gasteiger partial charge in [0.1, 0.15) is 0 Å². The molecule has 0 atom stereocenters. The molecule has 0 aliphatic carbocycles. The number of carbonyl (C=O) groups excluding carboxylic acids is 1. The molecule has 1 amide bonds. The molecule has 1 aliphatic rings. The monoisotopic (exact) mass is 287 g/mol. The van der Waals surface area contributed by atoms with E-state index in [1.54, 1.807) is 4.90 Å². The third-order valence-corrected chi connectivity index (χ3v) is 3.56. The topological polar surface area (TPSA) is 66.7 Å². The fourth-order valence-corrected chi connectivity index (χ4v) is 2.31. The lowest BCUT2D eigenvalue weighted by Gasteiger charge is -2.34. The van der Waals surface area contributed by atoms with Crippen molar-refractivity contribution in [1.29, 1.82) is 0 Å². The zero-order chi connectivity index (χ0) is 15.2. The molecule has 6 nitrogen and oxygen atoms in total. The second kappa shape index (κ2) is 6.86. The Labute approximate surface area is 123 Å². The molecule has 1 aliphatic heterocycles. The third kappa shape index (κ3) is 3.80. The summed E-state index contributed by atoms with van der Waals surface area (Å²) in [5.41, 5.74) is 0.475. The highest BCUT2D eigenvalue weighted by atomic mass is 16.6. The van der Waals surface area contributed by atoms with E-state index in [2.05, 4.69) is 10.8 Å². The van der Waals surface area contributed by atoms with Crippen LogP contribution in [-0.2, 0) is 0 Å². The summed E-state index contributed by atoms with van der Waals surface area (Å²) in [5, 5.41) is 10.6. The van der Waals surface area contributed by atoms with E-state index >= 15 is 0 Å². The van der Waals surface area contributed by atoms with E-state index in [-0.39, 0.29) is 11.6 Å². The first kappa shape index (κ1) is 15.0. The van der Waals surface area contributed by atoms with Crippen LogP contribution >= 0.6 is 0 Å². The molecule has 2 rings (SSSR count). The van der Waals surface area contributed by atoms with Crippen LogP contribution in [-0.4, -0.2) is 53.4 Å². The Morgan fingerprint density at radius 3 is 2.38 bits per heavy atom. The highest BCUT2D eigenvalue weighted by Crippen LogP contribution is 2.14. The van der Waals surface area contributed by atoms with Crippen LogP contribution in [0.25, 0.3) is 0 Å². The molecule has 6 heteroatoms. The molecule has 0 unspecified atom stereocenters. The van der Waals surface area contributed by atoms with E-state index in [1.807, 2.05) is 0 Å². The average molecular weight is 287 g/mol. The minimum absolute atomic E-state index is 0.00865. The van der Waals surface area contributed by atoms with E-state index < -0.39 is 4.92 Å². The van der Waals surface area contributed by atoms with Crippen LogP contribution in [0.1, 0.15) is 16.8 Å². The number of piperazine rings is 1. The zero-order valence-electron chi connectivity index (χ0n) is 11.7. The number of non-ortho nitro benzene ring substituents is 1. The van der Waals surface area contributed by atoms with Crippen molar-refractivity contribution in [2.45, 2.75) is 6.42 Å². The molecule has 0 saturated carbocycles. The number of nitrogens with zero attached hydrogens (tertiary/aromatic N) is 3. The van der Waals surface area contributed by atoms with Crippen molar-refractivity contribution in [2.24, 2.45) is 0 Å². The Hall–Kier alpha value is -2.39. The van der Waals surface area contributed by atoms with Gasteiger partial charge in [0.15, 0.2) is 0 Å². The second-order valence-corrected chi connectivity index (χ2v) is 4.89. The molecule has 1 fully saturated rings. The average Bonchev–Trinajstić information content (AvgIpc) is 2.53. The largest absolute Gasteiger partial charge is 0.336 e. The Bertz CT molecular complexity index is 555. The predicted molar refractivity (Wildman–Crippen MR) is 78.9 cm³/mol. The number of carbonyl (C=O) groups is 1. The molecular formula is C15H17N3O3. The number of terminal acetylenes is 1. The molecule has 0 aromatic heterocycles. The maximum absolute atomic E-state index is 12.3. The van der Waals surface area contributed by atoms with E-state index in [9.17, 15) is 14.9 Å². The summed E-state index contributed by atoms with van der Waals surface area (Å²) < 4.78 is 0. The predicted octanol–water partition coefficient (Wildman–Crippen LogP) is 1.38. The lowest BCUT2D eigenvalue weighted by atomic mass is 10.1. The maximum atomic E-state index is 12.3. The van der Waals surface area contributed by atoms with Crippen LogP contribution in [0.3, 0.4) is 0 Å². The standard InChI is InChI=1S/C15H17N3O3/c1-2-3-8-16-9-11-17(12-10-16)15(19)13-4-6-14(7-5-13)18(20)21/h1,4-7H,3,8-12H2. The smallest absolute Gasteiger partial charge is 0.269 e. The molecule has 1 heterocycles. The molecule has 110 valence electrons. The van der Waals surface area contributed by atoms with E-state index in [0.29, 0.717) is 18.7 Å². The highest BCUT2D eigenvalue weighted by Gasteiger charge is 2.22. The van der Waals surface area contributed by atoms with Gasteiger partial charge in [0.05, 0.1) is 4.92 Å². The fraction of sp³-hybridized carbons (Fsp3) is 0.400. The van der Waals surface area contributed by atoms with E-state index in [0.717, 1.165) is 26.1 Å². The first-order valence-electron chi connectivity index (χ1n) is 6.81. The van der Waals surface area contributed by atoms with Crippen molar-refractivity contribution in [3.05, 3.63) is 39.9 Å². The second-order valence-electron chi connectivity index (χ2n) is 4.89. The van der Waals surface area contributed by atoms with Crippen LogP contribution in [0.4, 0.5) is 5.69 Å². The number of rotatable bonds is 4. The molecule has 0 bridgehead atoms. The van der Waals surface area contributed by atoms with Crippen LogP contribution in [0.15, 0.2) is 24.3 Å². The van der Waals surface area contributed by atoms with Gasteiger partial charge in [0, 0.05) is 56.8 Å². The highest BCUT2D eigenvalue weighted by molar-refractivity contribution is 5.94. The van der Waals surface area contributed by atoms with Crippen molar-refractivity contribution in [2.75, 3.05) is 32.7 Å². The van der Waals surface area contributed by atoms with Crippen LogP contribution in [0.2, 0.25) is 0 Å². The van der Waals surface area contributed by atoms with Crippen molar-refractivity contribution in [3.63, 3.8) is 0 Å². The van der Waals surface area contributed by atoms with Crippen LogP contribution < -0.4 is 0 Å². The molecule has 0 spiro atoms. The van der Waals surface area contributed by atoms with Crippen molar-refractivity contribution in [1.82, 2.24) is 9.80 Å². The maximum Gasteiger partial charge on any atom is 0.269 e. The Morgan fingerprint density at radius 2 is 1.86 bits per heavy atom. The molecule has 1 aromatic carbocycles. The Balaban J connectivity index is 1.92. The van der Waals surface area contributed by atoms with Crippen LogP contribution in [0, 0.1) is 22.5 Å². The number of hydrogen-bond acceptors (Lipinski definition) is 4. The summed E-state index contributed by atoms with van der Waals surface area (Å²) in [6, 6.07) is 5.73. The number of nitro benzene ring substituents is 1. The number of amides is 1. The lowest BCUT2D eigenvalue weighted by molar-refractivity contribution is -0.384. The van der Waals surface area contributed by atoms with Gasteiger partial charge in [-0.1, -0.05) is 0 Å². The van der Waals surface area contributed by atoms with Crippen molar-refractivity contribution in [3.8, 4) is 12.3 Å². The molecule has 1 saturated heterocycles. The van der Waals surface area contributed by atoms with Gasteiger partial charge in [-0.25, -0.2) is 0 Å². The zero-order valence-corrected chi connectivity index (χ0v) is 11.7. The van der Waals surface area contributed by atoms with Crippen molar-refractivity contribution >= 4 is 11.6 Å². The third-order valence-electron chi connectivity index (χ3n) is 3.56. The van der Waals surface area contributed by atoms with Gasteiger partial charge in [-0.2, -0.15) is 0 Å². The minimum atomic E-state index is -0.474. The van der Waals surface area contributed by atoms with Gasteiger partial charge >= 0.3 is 0 Å². The SMILES string of the molecule is C#CCCN1CCN(C(=O)c2ccc([N+](=O)[O-])cc2)CC1. The summed E-state index contributed by atoms with van der Waals surface area (Å²) in [6.45, 7) is 3.78. The van der Waals surface area contributed by atoms with E-state index in [1.165, 1.54) is 24.3 Å². The van der Waals surface area contributed by atoms with Crippen molar-refractivity contribution < 1.29 is 9.72 Å². The number of nitro groups is 1. The van der Waals surface area contributed by atoms with Crippen LogP contribution in [0.5, 0.6) is 0 Å². The van der Waals surface area contributed by atoms with Gasteiger partial charge in [-0.05, 0) is 12.1 Å². The normalized spacial score (nSPS) is 15.5. The Morgan fingerprint density at radius 1 is 1.24 bits per heavy atom. The van der Waals surface area contributed by atoms with Gasteiger partial charge < -0.3 is 4.90 Å². The quantitative estimate of drug-likeness (QED) is 0.476. The van der Waals surface area contributed by atoms with Gasteiger partial charge in [-0.3, -0.25) is 19.8 Å². The summed E-state index contributed by atoms with van der Waals surface area (Å²) in [7, 11) is 0. The molecule has 21 heavy (non-hydrogen) atoms. The minimum Gasteiger partial charge on any atom is -0.336 e. The first-order chi connectivity index (χ1) is 10.1. The Kier molecular flexibility index (Phi) is 4.90. The lowest BCUT2D eigenvalue weighted by Crippen LogP contribution is -2.48. The summed E-state index contributed by atoms with van der Waals surface area (Å²) in [6.07, 6.45) is 5.96. The van der Waals surface area contributed by atoms with Gasteiger partial charge in [0.25, 0.3) is 11.6 Å². The summed E-state index contributed by atoms with van der Waals surface area (Å²) in [4.78, 5) is 26.4. The fourth-order valence-electron chi connectivity index (χ4n) is 2.31. The molecule has 1 aromatic rings. The number of hydrogen-bond donors (Lipinski definition) is 0.